The molecule has 0 saturated carbocycles. The summed E-state index contributed by atoms with van der Waals surface area (Å²) in [5.74, 6) is -0.160. The Labute approximate surface area is 243 Å². The summed E-state index contributed by atoms with van der Waals surface area (Å²) >= 11 is 0. The van der Waals surface area contributed by atoms with Crippen LogP contribution in [0.15, 0.2) is 71.7 Å². The van der Waals surface area contributed by atoms with Crippen molar-refractivity contribution < 1.29 is 19.1 Å². The molecule has 3 aromatic carbocycles. The van der Waals surface area contributed by atoms with Crippen molar-refractivity contribution in [2.24, 2.45) is 22.2 Å². The fourth-order valence-corrected chi connectivity index (χ4v) is 4.69. The molecule has 1 aromatic heterocycles. The first-order chi connectivity index (χ1) is 20.2. The molecule has 7 N–H and O–H groups in total. The third kappa shape index (κ3) is 7.33. The number of hydrogen-bond donors (Lipinski definition) is 4. The molecule has 0 radical (unpaired) electrons. The number of carbonyl (C=O) groups is 2. The van der Waals surface area contributed by atoms with Crippen molar-refractivity contribution in [1.82, 2.24) is 14.5 Å². The highest BCUT2D eigenvalue weighted by Crippen LogP contribution is 2.28. The van der Waals surface area contributed by atoms with Crippen LogP contribution in [-0.4, -0.2) is 70.1 Å². The van der Waals surface area contributed by atoms with E-state index in [2.05, 4.69) is 14.9 Å². The zero-order chi connectivity index (χ0) is 30.2. The van der Waals surface area contributed by atoms with Crippen LogP contribution >= 0.6 is 0 Å². The van der Waals surface area contributed by atoms with Crippen molar-refractivity contribution in [2.75, 3.05) is 37.6 Å². The topological polar surface area (TPSA) is 169 Å². The molecule has 1 saturated heterocycles. The van der Waals surface area contributed by atoms with Crippen molar-refractivity contribution in [2.45, 2.75) is 19.9 Å². The number of anilines is 1. The average molecular weight is 575 g/mol. The van der Waals surface area contributed by atoms with Gasteiger partial charge in [-0.2, -0.15) is 0 Å². The van der Waals surface area contributed by atoms with Crippen LogP contribution in [0.5, 0.6) is 5.75 Å². The first-order valence-electron chi connectivity index (χ1n) is 13.6. The fourth-order valence-electron chi connectivity index (χ4n) is 4.69. The lowest BCUT2D eigenvalue weighted by Crippen LogP contribution is -2.48. The minimum absolute atomic E-state index is 0.0795. The van der Waals surface area contributed by atoms with Crippen LogP contribution in [0.25, 0.3) is 22.4 Å². The van der Waals surface area contributed by atoms with E-state index in [1.54, 1.807) is 64.1 Å². The molecule has 0 spiro atoms. The number of hydrogen-bond acceptors (Lipinski definition) is 6. The van der Waals surface area contributed by atoms with Crippen LogP contribution in [0.2, 0.25) is 0 Å². The molecule has 220 valence electrons. The number of halogens is 1. The van der Waals surface area contributed by atoms with E-state index in [0.29, 0.717) is 54.2 Å². The van der Waals surface area contributed by atoms with Crippen molar-refractivity contribution in [1.29, 1.82) is 0 Å². The number of nitrogens with zero attached hydrogens (tertiary/aromatic N) is 5. The van der Waals surface area contributed by atoms with Crippen molar-refractivity contribution >= 4 is 34.5 Å². The lowest BCUT2D eigenvalue weighted by atomic mass is 10.1. The number of phenolic OH excluding ortho intramolecular Hbond substituents is 1. The number of aromatic nitrogens is 2. The highest BCUT2D eigenvalue weighted by molar-refractivity contribution is 5.98. The smallest absolute Gasteiger partial charge is 0.254 e. The van der Waals surface area contributed by atoms with Gasteiger partial charge in [0.2, 0.25) is 5.91 Å². The van der Waals surface area contributed by atoms with Gasteiger partial charge < -0.3 is 36.7 Å². The molecule has 5 rings (SSSR count). The predicted molar refractivity (Wildman–Crippen MR) is 162 cm³/mol. The molecule has 42 heavy (non-hydrogen) atoms. The number of guanidine groups is 1. The molecule has 0 atom stereocenters. The Morgan fingerprint density at radius 1 is 0.976 bits per heavy atom. The van der Waals surface area contributed by atoms with E-state index in [1.165, 1.54) is 12.1 Å². The predicted octanol–water partition coefficient (Wildman–Crippen LogP) is 2.67. The second-order valence-electron chi connectivity index (χ2n) is 9.80. The van der Waals surface area contributed by atoms with E-state index in [1.807, 2.05) is 6.92 Å². The number of aliphatic imine (C=N–C) groups is 1. The third-order valence-electron chi connectivity index (χ3n) is 6.69. The first kappa shape index (κ1) is 29.8. The molecule has 1 aliphatic heterocycles. The van der Waals surface area contributed by atoms with Gasteiger partial charge >= 0.3 is 0 Å². The number of carbonyl (C=O) groups excluding carboxylic acids is 2. The number of rotatable bonds is 7. The highest BCUT2D eigenvalue weighted by atomic mass is 19.1. The Balaban J connectivity index is 0.000000517. The molecular weight excluding hydrogens is 539 g/mol. The standard InChI is InChI=1S/C26H24FN5O3.C4H11N3/c27-19-5-7-20(8-6-19)30-10-12-31(13-11-30)26(35)18-4-9-23-22(15-18)29-25(32(23)16-24(28)34)17-2-1-3-21(33)14-17;1-2-3-7-4(5)6/h1-9,14-15,33H,10-13,16H2,(H2,28,34);2-3H2,1H3,(H4,5,6,7). The van der Waals surface area contributed by atoms with Crippen molar-refractivity contribution in [3.05, 3.63) is 78.1 Å². The van der Waals surface area contributed by atoms with Gasteiger partial charge in [-0.25, -0.2) is 9.37 Å². The molecule has 0 aliphatic carbocycles. The van der Waals surface area contributed by atoms with Crippen molar-refractivity contribution in [3.8, 4) is 17.1 Å². The van der Waals surface area contributed by atoms with Gasteiger partial charge in [-0.05, 0) is 61.0 Å². The third-order valence-corrected chi connectivity index (χ3v) is 6.69. The molecule has 4 aromatic rings. The molecular formula is C30H35FN8O3. The summed E-state index contributed by atoms with van der Waals surface area (Å²) in [4.78, 5) is 37.2. The molecule has 2 heterocycles. The molecule has 1 aliphatic rings. The second-order valence-corrected chi connectivity index (χ2v) is 9.80. The number of piperazine rings is 1. The monoisotopic (exact) mass is 574 g/mol. The molecule has 11 nitrogen and oxygen atoms in total. The number of primary amides is 1. The van der Waals surface area contributed by atoms with Gasteiger partial charge in [0.1, 0.15) is 23.9 Å². The summed E-state index contributed by atoms with van der Waals surface area (Å²) in [5.41, 5.74) is 18.8. The number of amides is 2. The molecule has 0 bridgehead atoms. The largest absolute Gasteiger partial charge is 0.508 e. The summed E-state index contributed by atoms with van der Waals surface area (Å²) in [6.07, 6.45) is 0.998. The number of imidazole rings is 1. The lowest BCUT2D eigenvalue weighted by molar-refractivity contribution is -0.118. The van der Waals surface area contributed by atoms with Crippen LogP contribution in [0.1, 0.15) is 23.7 Å². The SMILES string of the molecule is CCCN=C(N)N.NC(=O)Cn1c(-c2cccc(O)c2)nc2cc(C(=O)N3CCN(c4ccc(F)cc4)CC3)ccc21. The van der Waals surface area contributed by atoms with Gasteiger partial charge in [-0.3, -0.25) is 14.6 Å². The maximum atomic E-state index is 13.2. The summed E-state index contributed by atoms with van der Waals surface area (Å²) in [6.45, 7) is 5.05. The van der Waals surface area contributed by atoms with Gasteiger partial charge in [0.25, 0.3) is 5.91 Å². The number of nitrogens with two attached hydrogens (primary N) is 3. The maximum absolute atomic E-state index is 13.2. The average Bonchev–Trinajstić information content (AvgIpc) is 3.33. The molecule has 12 heteroatoms. The normalized spacial score (nSPS) is 12.9. The summed E-state index contributed by atoms with van der Waals surface area (Å²) in [6, 6.07) is 18.2. The summed E-state index contributed by atoms with van der Waals surface area (Å²) < 4.78 is 14.9. The van der Waals surface area contributed by atoms with Gasteiger partial charge in [0.05, 0.1) is 11.0 Å². The maximum Gasteiger partial charge on any atom is 0.254 e. The van der Waals surface area contributed by atoms with Crippen LogP contribution in [-0.2, 0) is 11.3 Å². The van der Waals surface area contributed by atoms with Crippen LogP contribution in [0.4, 0.5) is 10.1 Å². The van der Waals surface area contributed by atoms with Crippen LogP contribution in [0.3, 0.4) is 0 Å². The molecule has 0 unspecified atom stereocenters. The Morgan fingerprint density at radius 2 is 1.69 bits per heavy atom. The van der Waals surface area contributed by atoms with E-state index in [-0.39, 0.29) is 30.0 Å². The minimum Gasteiger partial charge on any atom is -0.508 e. The summed E-state index contributed by atoms with van der Waals surface area (Å²) in [5, 5.41) is 9.89. The minimum atomic E-state index is -0.523. The molecule has 2 amide bonds. The van der Waals surface area contributed by atoms with E-state index >= 15 is 0 Å². The van der Waals surface area contributed by atoms with E-state index in [4.69, 9.17) is 17.2 Å². The zero-order valence-corrected chi connectivity index (χ0v) is 23.4. The fraction of sp³-hybridized carbons (Fsp3) is 0.267. The van der Waals surface area contributed by atoms with Crippen LogP contribution < -0.4 is 22.1 Å². The van der Waals surface area contributed by atoms with E-state index in [0.717, 1.165) is 18.7 Å². The lowest BCUT2D eigenvalue weighted by Gasteiger charge is -2.36. The quantitative estimate of drug-likeness (QED) is 0.194. The zero-order valence-electron chi connectivity index (χ0n) is 23.4. The van der Waals surface area contributed by atoms with E-state index < -0.39 is 5.91 Å². The second kappa shape index (κ2) is 13.5. The van der Waals surface area contributed by atoms with Crippen molar-refractivity contribution in [3.63, 3.8) is 0 Å². The number of fused-ring (bicyclic) bond motifs is 1. The van der Waals surface area contributed by atoms with Gasteiger partial charge in [0.15, 0.2) is 5.96 Å². The first-order valence-corrected chi connectivity index (χ1v) is 13.6. The van der Waals surface area contributed by atoms with Crippen LogP contribution in [0, 0.1) is 5.82 Å². The van der Waals surface area contributed by atoms with Gasteiger partial charge in [-0.1, -0.05) is 19.1 Å². The number of aromatic hydroxyl groups is 1. The number of benzene rings is 3. The highest BCUT2D eigenvalue weighted by Gasteiger charge is 2.24. The van der Waals surface area contributed by atoms with Gasteiger partial charge in [0, 0.05) is 49.5 Å². The van der Waals surface area contributed by atoms with Gasteiger partial charge in [-0.15, -0.1) is 0 Å². The summed E-state index contributed by atoms with van der Waals surface area (Å²) in [7, 11) is 0. The van der Waals surface area contributed by atoms with E-state index in [9.17, 15) is 19.1 Å². The Hall–Kier alpha value is -5.13. The number of phenols is 1. The molecule has 1 fully saturated rings. The Kier molecular flexibility index (Phi) is 9.58. The Bertz CT molecular complexity index is 1570. The Morgan fingerprint density at radius 3 is 2.29 bits per heavy atom.